The first-order valence-electron chi connectivity index (χ1n) is 13.7. The third-order valence-corrected chi connectivity index (χ3v) is 7.71. The Morgan fingerprint density at radius 1 is 1.10 bits per heavy atom. The summed E-state index contributed by atoms with van der Waals surface area (Å²) in [5, 5.41) is 4.20. The highest BCUT2D eigenvalue weighted by Gasteiger charge is 2.42. The van der Waals surface area contributed by atoms with E-state index in [1.54, 1.807) is 18.3 Å². The zero-order valence-corrected chi connectivity index (χ0v) is 24.6. The van der Waals surface area contributed by atoms with Crippen LogP contribution < -0.4 is 15.4 Å². The van der Waals surface area contributed by atoms with Crippen LogP contribution in [0.2, 0.25) is 0 Å². The number of ether oxygens (including phenoxy) is 1. The molecule has 1 saturated carbocycles. The van der Waals surface area contributed by atoms with Crippen LogP contribution in [0.15, 0.2) is 54.7 Å². The summed E-state index contributed by atoms with van der Waals surface area (Å²) >= 11 is 0. The lowest BCUT2D eigenvalue weighted by molar-refractivity contribution is -0.149. The SMILES string of the molecule is Cc1cnc2c(OC3CC3)cc(C(=O)NCC(c3cc(C(C)C)c(C)c(-c4ccc(P)cc4)n3)C(F)(F)F)cc2c1. The zero-order chi connectivity index (χ0) is 29.5. The van der Waals surface area contributed by atoms with Crippen LogP contribution in [0.4, 0.5) is 13.2 Å². The second-order valence-electron chi connectivity index (χ2n) is 11.1. The van der Waals surface area contributed by atoms with Crippen LogP contribution in [0.3, 0.4) is 0 Å². The Morgan fingerprint density at radius 3 is 2.44 bits per heavy atom. The molecule has 1 amide bonds. The van der Waals surface area contributed by atoms with Gasteiger partial charge < -0.3 is 10.1 Å². The van der Waals surface area contributed by atoms with E-state index in [9.17, 15) is 18.0 Å². The first kappa shape index (κ1) is 29.0. The number of amides is 1. The van der Waals surface area contributed by atoms with Crippen molar-refractivity contribution in [3.63, 3.8) is 0 Å². The highest BCUT2D eigenvalue weighted by Crippen LogP contribution is 2.38. The van der Waals surface area contributed by atoms with E-state index in [1.165, 1.54) is 6.07 Å². The number of nitrogens with zero attached hydrogens (tertiary/aromatic N) is 2. The van der Waals surface area contributed by atoms with E-state index in [-0.39, 0.29) is 23.3 Å². The Kier molecular flexibility index (Phi) is 8.06. The average molecular weight is 580 g/mol. The monoisotopic (exact) mass is 579 g/mol. The quantitative estimate of drug-likeness (QED) is 0.225. The molecule has 1 aliphatic rings. The molecule has 5 nitrogen and oxygen atoms in total. The molecule has 0 bridgehead atoms. The standard InChI is InChI=1S/C32H33F3N3O2P/c1-17(2)25-14-27(38-29(19(25)4)20-5-9-24(41)10-6-20)26(32(33,34)35)16-37-31(39)22-12-21-11-18(3)15-36-30(21)28(13-22)40-23-7-8-23/h5-6,9-15,17,23,26H,7-8,16,41H2,1-4H3,(H,37,39). The van der Waals surface area contributed by atoms with Gasteiger partial charge in [-0.05, 0) is 78.9 Å². The number of pyridine rings is 2. The predicted molar refractivity (Wildman–Crippen MR) is 159 cm³/mol. The van der Waals surface area contributed by atoms with E-state index in [4.69, 9.17) is 4.74 Å². The van der Waals surface area contributed by atoms with Crippen molar-refractivity contribution in [3.8, 4) is 17.0 Å². The molecule has 214 valence electrons. The van der Waals surface area contributed by atoms with E-state index in [1.807, 2.05) is 58.0 Å². The molecule has 1 aliphatic carbocycles. The summed E-state index contributed by atoms with van der Waals surface area (Å²) in [7, 11) is 2.60. The zero-order valence-electron chi connectivity index (χ0n) is 23.5. The van der Waals surface area contributed by atoms with Crippen LogP contribution in [0.5, 0.6) is 5.75 Å². The number of halogens is 3. The maximum Gasteiger partial charge on any atom is 0.398 e. The van der Waals surface area contributed by atoms with E-state index >= 15 is 0 Å². The number of carbonyl (C=O) groups excluding carboxylic acids is 1. The molecular weight excluding hydrogens is 546 g/mol. The van der Waals surface area contributed by atoms with E-state index in [0.717, 1.165) is 40.4 Å². The van der Waals surface area contributed by atoms with Crippen LogP contribution in [0, 0.1) is 13.8 Å². The molecule has 41 heavy (non-hydrogen) atoms. The molecule has 1 N–H and O–H groups in total. The van der Waals surface area contributed by atoms with Crippen molar-refractivity contribution in [1.29, 1.82) is 0 Å². The number of carbonyl (C=O) groups is 1. The molecule has 2 atom stereocenters. The van der Waals surface area contributed by atoms with Gasteiger partial charge in [0.25, 0.3) is 5.91 Å². The Labute approximate surface area is 240 Å². The Morgan fingerprint density at radius 2 is 1.80 bits per heavy atom. The summed E-state index contributed by atoms with van der Waals surface area (Å²) in [6.45, 7) is 7.02. The lowest BCUT2D eigenvalue weighted by Crippen LogP contribution is -2.35. The number of aromatic nitrogens is 2. The summed E-state index contributed by atoms with van der Waals surface area (Å²) in [6, 6.07) is 14.1. The van der Waals surface area contributed by atoms with Crippen molar-refractivity contribution in [2.45, 2.75) is 64.7 Å². The summed E-state index contributed by atoms with van der Waals surface area (Å²) < 4.78 is 49.6. The molecular formula is C32H33F3N3O2P. The fraction of sp³-hybridized carbons (Fsp3) is 0.344. The van der Waals surface area contributed by atoms with Gasteiger partial charge >= 0.3 is 6.18 Å². The number of benzene rings is 2. The maximum absolute atomic E-state index is 14.5. The van der Waals surface area contributed by atoms with Crippen molar-refractivity contribution in [2.75, 3.05) is 6.54 Å². The molecule has 0 aliphatic heterocycles. The third kappa shape index (κ3) is 6.54. The van der Waals surface area contributed by atoms with Gasteiger partial charge in [-0.1, -0.05) is 38.1 Å². The molecule has 2 aromatic heterocycles. The van der Waals surface area contributed by atoms with Crippen LogP contribution in [0.1, 0.15) is 71.3 Å². The summed E-state index contributed by atoms with van der Waals surface area (Å²) in [4.78, 5) is 22.3. The Hall–Kier alpha value is -3.51. The van der Waals surface area contributed by atoms with Crippen LogP contribution in [-0.4, -0.2) is 34.7 Å². The molecule has 0 radical (unpaired) electrons. The second kappa shape index (κ2) is 11.4. The predicted octanol–water partition coefficient (Wildman–Crippen LogP) is 7.15. The molecule has 0 spiro atoms. The summed E-state index contributed by atoms with van der Waals surface area (Å²) in [5.74, 6) is -2.16. The molecule has 2 aromatic carbocycles. The lowest BCUT2D eigenvalue weighted by Gasteiger charge is -2.24. The highest BCUT2D eigenvalue weighted by atomic mass is 31.0. The summed E-state index contributed by atoms with van der Waals surface area (Å²) in [5.41, 5.74) is 4.51. The minimum absolute atomic E-state index is 0.0143. The molecule has 0 saturated heterocycles. The molecule has 2 unspecified atom stereocenters. The first-order chi connectivity index (χ1) is 19.4. The van der Waals surface area contributed by atoms with Gasteiger partial charge in [-0.15, -0.1) is 9.24 Å². The molecule has 5 rings (SSSR count). The van der Waals surface area contributed by atoms with Gasteiger partial charge in [0.1, 0.15) is 17.2 Å². The van der Waals surface area contributed by atoms with Crippen LogP contribution in [-0.2, 0) is 0 Å². The number of nitrogens with one attached hydrogen (secondary N) is 1. The average Bonchev–Trinajstić information content (AvgIpc) is 3.72. The lowest BCUT2D eigenvalue weighted by atomic mass is 9.91. The number of hydrogen-bond donors (Lipinski definition) is 1. The van der Waals surface area contributed by atoms with Gasteiger partial charge in [-0.3, -0.25) is 14.8 Å². The number of rotatable bonds is 8. The fourth-order valence-corrected chi connectivity index (χ4v) is 5.14. The van der Waals surface area contributed by atoms with Gasteiger partial charge in [0.15, 0.2) is 0 Å². The highest BCUT2D eigenvalue weighted by molar-refractivity contribution is 7.27. The first-order valence-corrected chi connectivity index (χ1v) is 14.3. The van der Waals surface area contributed by atoms with Gasteiger partial charge in [0, 0.05) is 29.3 Å². The van der Waals surface area contributed by atoms with Crippen molar-refractivity contribution < 1.29 is 22.7 Å². The van der Waals surface area contributed by atoms with Crippen LogP contribution in [0.25, 0.3) is 22.2 Å². The third-order valence-electron chi connectivity index (χ3n) is 7.32. The van der Waals surface area contributed by atoms with Crippen molar-refractivity contribution in [2.24, 2.45) is 0 Å². The second-order valence-corrected chi connectivity index (χ2v) is 11.7. The fourth-order valence-electron chi connectivity index (χ4n) is 4.95. The molecule has 4 aromatic rings. The minimum Gasteiger partial charge on any atom is -0.488 e. The number of aryl methyl sites for hydroxylation is 1. The van der Waals surface area contributed by atoms with Gasteiger partial charge in [0.2, 0.25) is 0 Å². The van der Waals surface area contributed by atoms with Gasteiger partial charge in [-0.2, -0.15) is 13.2 Å². The molecule has 1 fully saturated rings. The number of alkyl halides is 3. The Balaban J connectivity index is 1.48. The normalized spacial score (nSPS) is 14.4. The van der Waals surface area contributed by atoms with Crippen LogP contribution >= 0.6 is 9.24 Å². The maximum atomic E-state index is 14.5. The van der Waals surface area contributed by atoms with Crippen molar-refractivity contribution >= 4 is 31.4 Å². The summed E-state index contributed by atoms with van der Waals surface area (Å²) in [6.07, 6.45) is -1.00. The number of fused-ring (bicyclic) bond motifs is 1. The number of hydrogen-bond acceptors (Lipinski definition) is 4. The molecule has 2 heterocycles. The minimum atomic E-state index is -4.63. The van der Waals surface area contributed by atoms with Crippen molar-refractivity contribution in [3.05, 3.63) is 82.7 Å². The van der Waals surface area contributed by atoms with Crippen molar-refractivity contribution in [1.82, 2.24) is 15.3 Å². The van der Waals surface area contributed by atoms with E-state index < -0.39 is 24.5 Å². The smallest absolute Gasteiger partial charge is 0.398 e. The van der Waals surface area contributed by atoms with Gasteiger partial charge in [-0.25, -0.2) is 0 Å². The Bertz CT molecular complexity index is 1600. The van der Waals surface area contributed by atoms with E-state index in [0.29, 0.717) is 22.3 Å². The molecule has 9 heteroatoms. The topological polar surface area (TPSA) is 64.1 Å². The van der Waals surface area contributed by atoms with E-state index in [2.05, 4.69) is 24.5 Å². The van der Waals surface area contributed by atoms with Gasteiger partial charge in [0.05, 0.1) is 17.5 Å². The largest absolute Gasteiger partial charge is 0.488 e.